The van der Waals surface area contributed by atoms with Crippen LogP contribution >= 0.6 is 0 Å². The number of amides is 2. The highest BCUT2D eigenvalue weighted by Gasteiger charge is 2.33. The van der Waals surface area contributed by atoms with Crippen LogP contribution in [0, 0.1) is 5.92 Å². The van der Waals surface area contributed by atoms with E-state index < -0.39 is 23.6 Å². The number of nitrogens with one attached hydrogen (secondary N) is 1. The topological polar surface area (TPSA) is 89.9 Å². The fourth-order valence-corrected chi connectivity index (χ4v) is 2.13. The van der Waals surface area contributed by atoms with Crippen LogP contribution in [0.15, 0.2) is 0 Å². The van der Waals surface area contributed by atoms with E-state index in [1.807, 2.05) is 0 Å². The Labute approximate surface area is 107 Å². The highest BCUT2D eigenvalue weighted by atomic mass is 16.4. The maximum Gasteiger partial charge on any atom is 0.326 e. The number of carboxylic acids is 1. The minimum atomic E-state index is -1.04. The monoisotopic (exact) mass is 258 g/mol. The van der Waals surface area contributed by atoms with E-state index in [1.165, 1.54) is 4.90 Å². The number of nitrogens with zero attached hydrogens (tertiary/aromatic N) is 1. The summed E-state index contributed by atoms with van der Waals surface area (Å²) in [6.45, 7) is 5.95. The lowest BCUT2D eigenvalue weighted by atomic mass is 9.95. The van der Waals surface area contributed by atoms with Crippen molar-refractivity contribution in [1.82, 2.24) is 10.2 Å². The molecule has 0 aromatic heterocycles. The summed E-state index contributed by atoms with van der Waals surface area (Å²) in [5.74, 6) is -1.22. The SMILES string of the molecule is CC(C)[C@@H](NC(=O)N1CCCC(C)(O)C1)C(=O)O. The maximum atomic E-state index is 11.9. The first-order valence-electron chi connectivity index (χ1n) is 6.23. The van der Waals surface area contributed by atoms with Gasteiger partial charge < -0.3 is 20.4 Å². The number of aliphatic carboxylic acids is 1. The van der Waals surface area contributed by atoms with Gasteiger partial charge in [0.15, 0.2) is 0 Å². The van der Waals surface area contributed by atoms with Crippen LogP contribution in [0.1, 0.15) is 33.6 Å². The van der Waals surface area contributed by atoms with E-state index >= 15 is 0 Å². The van der Waals surface area contributed by atoms with Crippen LogP contribution in [-0.4, -0.2) is 51.8 Å². The first kappa shape index (κ1) is 14.8. The Bertz CT molecular complexity index is 328. The van der Waals surface area contributed by atoms with Crippen molar-refractivity contribution in [2.75, 3.05) is 13.1 Å². The second-order valence-corrected chi connectivity index (χ2v) is 5.53. The van der Waals surface area contributed by atoms with Crippen LogP contribution < -0.4 is 5.32 Å². The Morgan fingerprint density at radius 2 is 2.00 bits per heavy atom. The number of likely N-dealkylation sites (tertiary alicyclic amines) is 1. The second kappa shape index (κ2) is 5.56. The number of rotatable bonds is 3. The van der Waals surface area contributed by atoms with Crippen LogP contribution in [-0.2, 0) is 4.79 Å². The molecule has 6 heteroatoms. The van der Waals surface area contributed by atoms with Crippen molar-refractivity contribution in [2.24, 2.45) is 5.92 Å². The third kappa shape index (κ3) is 3.87. The number of hydrogen-bond donors (Lipinski definition) is 3. The summed E-state index contributed by atoms with van der Waals surface area (Å²) >= 11 is 0. The number of carboxylic acid groups (broad SMARTS) is 1. The lowest BCUT2D eigenvalue weighted by Crippen LogP contribution is -2.55. The molecule has 0 radical (unpaired) electrons. The molecular formula is C12H22N2O4. The summed E-state index contributed by atoms with van der Waals surface area (Å²) in [7, 11) is 0. The van der Waals surface area contributed by atoms with Gasteiger partial charge in [-0.05, 0) is 25.7 Å². The minimum absolute atomic E-state index is 0.184. The Balaban J connectivity index is 2.61. The molecule has 0 bridgehead atoms. The van der Waals surface area contributed by atoms with Crippen molar-refractivity contribution >= 4 is 12.0 Å². The summed E-state index contributed by atoms with van der Waals surface area (Å²) < 4.78 is 0. The van der Waals surface area contributed by atoms with Gasteiger partial charge in [-0.15, -0.1) is 0 Å². The normalized spacial score (nSPS) is 25.9. The molecule has 1 aliphatic rings. The van der Waals surface area contributed by atoms with Gasteiger partial charge in [-0.1, -0.05) is 13.8 Å². The number of hydrogen-bond acceptors (Lipinski definition) is 3. The third-order valence-electron chi connectivity index (χ3n) is 3.17. The molecule has 0 aliphatic carbocycles. The summed E-state index contributed by atoms with van der Waals surface area (Å²) in [4.78, 5) is 24.4. The van der Waals surface area contributed by atoms with E-state index in [1.54, 1.807) is 20.8 Å². The van der Waals surface area contributed by atoms with Crippen molar-refractivity contribution in [1.29, 1.82) is 0 Å². The summed E-state index contributed by atoms with van der Waals surface area (Å²) in [6, 6.07) is -1.32. The van der Waals surface area contributed by atoms with Crippen LogP contribution in [0.2, 0.25) is 0 Å². The van der Waals surface area contributed by atoms with Crippen molar-refractivity contribution < 1.29 is 19.8 Å². The van der Waals surface area contributed by atoms with E-state index in [0.29, 0.717) is 13.0 Å². The van der Waals surface area contributed by atoms with E-state index in [-0.39, 0.29) is 12.5 Å². The van der Waals surface area contributed by atoms with Gasteiger partial charge in [0.05, 0.1) is 12.1 Å². The Morgan fingerprint density at radius 3 is 2.44 bits per heavy atom. The molecule has 1 aliphatic heterocycles. The molecule has 0 spiro atoms. The first-order chi connectivity index (χ1) is 8.23. The number of carbonyl (C=O) groups excluding carboxylic acids is 1. The molecule has 0 aromatic rings. The molecule has 1 unspecified atom stereocenters. The molecule has 2 atom stereocenters. The molecule has 0 aromatic carbocycles. The predicted molar refractivity (Wildman–Crippen MR) is 66.2 cm³/mol. The lowest BCUT2D eigenvalue weighted by Gasteiger charge is -2.37. The third-order valence-corrected chi connectivity index (χ3v) is 3.17. The van der Waals surface area contributed by atoms with Crippen LogP contribution in [0.4, 0.5) is 4.79 Å². The maximum absolute atomic E-state index is 11.9. The average Bonchev–Trinajstić information content (AvgIpc) is 2.23. The lowest BCUT2D eigenvalue weighted by molar-refractivity contribution is -0.140. The van der Waals surface area contributed by atoms with Crippen LogP contribution in [0.25, 0.3) is 0 Å². The van der Waals surface area contributed by atoms with E-state index in [0.717, 1.165) is 6.42 Å². The van der Waals surface area contributed by atoms with Crippen LogP contribution in [0.5, 0.6) is 0 Å². The Morgan fingerprint density at radius 1 is 1.39 bits per heavy atom. The molecule has 1 heterocycles. The van der Waals surface area contributed by atoms with Gasteiger partial charge in [0, 0.05) is 6.54 Å². The summed E-state index contributed by atoms with van der Waals surface area (Å²) in [6.07, 6.45) is 1.38. The highest BCUT2D eigenvalue weighted by molar-refractivity contribution is 5.82. The Kier molecular flexibility index (Phi) is 4.56. The van der Waals surface area contributed by atoms with Gasteiger partial charge in [-0.2, -0.15) is 0 Å². The number of piperidine rings is 1. The number of urea groups is 1. The molecule has 1 saturated heterocycles. The van der Waals surface area contributed by atoms with E-state index in [4.69, 9.17) is 5.11 Å². The van der Waals surface area contributed by atoms with Crippen molar-refractivity contribution in [3.63, 3.8) is 0 Å². The molecular weight excluding hydrogens is 236 g/mol. The smallest absolute Gasteiger partial charge is 0.326 e. The minimum Gasteiger partial charge on any atom is -0.480 e. The highest BCUT2D eigenvalue weighted by Crippen LogP contribution is 2.20. The predicted octanol–water partition coefficient (Wildman–Crippen LogP) is 0.652. The summed E-state index contributed by atoms with van der Waals surface area (Å²) in [5, 5.41) is 21.4. The molecule has 0 saturated carbocycles. The molecule has 1 rings (SSSR count). The van der Waals surface area contributed by atoms with Crippen LogP contribution in [0.3, 0.4) is 0 Å². The average molecular weight is 258 g/mol. The largest absolute Gasteiger partial charge is 0.480 e. The fourth-order valence-electron chi connectivity index (χ4n) is 2.13. The Hall–Kier alpha value is -1.30. The molecule has 6 nitrogen and oxygen atoms in total. The zero-order valence-corrected chi connectivity index (χ0v) is 11.1. The zero-order valence-electron chi connectivity index (χ0n) is 11.1. The van der Waals surface area contributed by atoms with Crippen molar-refractivity contribution in [3.8, 4) is 0 Å². The van der Waals surface area contributed by atoms with Gasteiger partial charge in [-0.3, -0.25) is 0 Å². The van der Waals surface area contributed by atoms with E-state index in [2.05, 4.69) is 5.32 Å². The molecule has 1 fully saturated rings. The number of β-amino-alcohol motifs (C(OH)–C–C–N with tert-alkyl or cyclic N) is 1. The first-order valence-corrected chi connectivity index (χ1v) is 6.23. The number of carbonyl (C=O) groups is 2. The quantitative estimate of drug-likeness (QED) is 0.693. The molecule has 3 N–H and O–H groups in total. The molecule has 18 heavy (non-hydrogen) atoms. The second-order valence-electron chi connectivity index (χ2n) is 5.53. The van der Waals surface area contributed by atoms with Gasteiger partial charge in [0.2, 0.25) is 0 Å². The molecule has 104 valence electrons. The van der Waals surface area contributed by atoms with Crippen molar-refractivity contribution in [3.05, 3.63) is 0 Å². The van der Waals surface area contributed by atoms with E-state index in [9.17, 15) is 14.7 Å². The van der Waals surface area contributed by atoms with Gasteiger partial charge in [-0.25, -0.2) is 9.59 Å². The van der Waals surface area contributed by atoms with Gasteiger partial charge >= 0.3 is 12.0 Å². The zero-order chi connectivity index (χ0) is 13.9. The van der Waals surface area contributed by atoms with Gasteiger partial charge in [0.25, 0.3) is 0 Å². The van der Waals surface area contributed by atoms with Crippen molar-refractivity contribution in [2.45, 2.75) is 45.3 Å². The standard InChI is InChI=1S/C12H22N2O4/c1-8(2)9(10(15)16)13-11(17)14-6-4-5-12(3,18)7-14/h8-9,18H,4-7H2,1-3H3,(H,13,17)(H,15,16)/t9-,12?/m1/s1. The molecule has 2 amide bonds. The number of aliphatic hydroxyl groups is 1. The van der Waals surface area contributed by atoms with Gasteiger partial charge in [0.1, 0.15) is 6.04 Å². The fraction of sp³-hybridized carbons (Fsp3) is 0.833. The summed E-state index contributed by atoms with van der Waals surface area (Å²) in [5.41, 5.74) is -0.883.